The van der Waals surface area contributed by atoms with E-state index >= 15 is 0 Å². The van der Waals surface area contributed by atoms with Crippen molar-refractivity contribution >= 4 is 17.5 Å². The minimum atomic E-state index is -0.325. The fourth-order valence-corrected chi connectivity index (χ4v) is 4.23. The Morgan fingerprint density at radius 3 is 2.54 bits per heavy atom. The van der Waals surface area contributed by atoms with E-state index in [2.05, 4.69) is 5.10 Å². The molecule has 4 nitrogen and oxygen atoms in total. The third-order valence-electron chi connectivity index (χ3n) is 5.31. The van der Waals surface area contributed by atoms with E-state index < -0.39 is 0 Å². The van der Waals surface area contributed by atoms with Gasteiger partial charge in [0, 0.05) is 23.8 Å². The van der Waals surface area contributed by atoms with Gasteiger partial charge in [0.2, 0.25) is 0 Å². The number of fused-ring (bicyclic) bond motifs is 2. The lowest BCUT2D eigenvalue weighted by molar-refractivity contribution is 0.0524. The third-order valence-corrected chi connectivity index (χ3v) is 5.50. The van der Waals surface area contributed by atoms with Gasteiger partial charge in [-0.1, -0.05) is 17.7 Å². The van der Waals surface area contributed by atoms with Crippen LogP contribution in [0, 0.1) is 12.7 Å². The first-order valence-corrected chi connectivity index (χ1v) is 8.69. The first-order chi connectivity index (χ1) is 11.5. The molecule has 2 atom stereocenters. The van der Waals surface area contributed by atoms with Gasteiger partial charge < -0.3 is 4.90 Å². The SMILES string of the molecule is Cc1ccc(C(=O)N2C3CCC2CC(n2cc(Cl)cn2)C3)cc1F. The van der Waals surface area contributed by atoms with E-state index in [0.29, 0.717) is 16.1 Å². The Bertz CT molecular complexity index is 776. The van der Waals surface area contributed by atoms with E-state index in [1.807, 2.05) is 15.8 Å². The van der Waals surface area contributed by atoms with Crippen molar-refractivity contribution < 1.29 is 9.18 Å². The van der Waals surface area contributed by atoms with Crippen LogP contribution in [-0.2, 0) is 0 Å². The van der Waals surface area contributed by atoms with Crippen LogP contribution in [0.5, 0.6) is 0 Å². The standard InChI is InChI=1S/C18H19ClFN3O/c1-11-2-3-12(6-17(11)20)18(24)23-14-4-5-15(23)8-16(7-14)22-10-13(19)9-21-22/h2-3,6,9-10,14-16H,4-5,7-8H2,1H3. The maximum atomic E-state index is 13.8. The first-order valence-electron chi connectivity index (χ1n) is 8.31. The van der Waals surface area contributed by atoms with E-state index in [9.17, 15) is 9.18 Å². The number of amides is 1. The summed E-state index contributed by atoms with van der Waals surface area (Å²) < 4.78 is 15.7. The van der Waals surface area contributed by atoms with E-state index in [1.165, 1.54) is 6.07 Å². The normalized spacial score (nSPS) is 26.0. The molecule has 1 amide bonds. The predicted molar refractivity (Wildman–Crippen MR) is 89.6 cm³/mol. The van der Waals surface area contributed by atoms with Crippen molar-refractivity contribution in [2.75, 3.05) is 0 Å². The maximum absolute atomic E-state index is 13.8. The number of rotatable bonds is 2. The van der Waals surface area contributed by atoms with Crippen molar-refractivity contribution in [2.45, 2.75) is 50.7 Å². The number of hydrogen-bond donors (Lipinski definition) is 0. The highest BCUT2D eigenvalue weighted by Crippen LogP contribution is 2.41. The molecule has 1 aromatic heterocycles. The fraction of sp³-hybridized carbons (Fsp3) is 0.444. The molecule has 0 aliphatic carbocycles. The number of benzene rings is 1. The number of hydrogen-bond acceptors (Lipinski definition) is 2. The van der Waals surface area contributed by atoms with E-state index in [4.69, 9.17) is 11.6 Å². The van der Waals surface area contributed by atoms with Gasteiger partial charge in [0.25, 0.3) is 5.91 Å². The molecule has 0 radical (unpaired) electrons. The monoisotopic (exact) mass is 347 g/mol. The highest BCUT2D eigenvalue weighted by atomic mass is 35.5. The Hall–Kier alpha value is -1.88. The van der Waals surface area contributed by atoms with E-state index in [0.717, 1.165) is 25.7 Å². The zero-order valence-electron chi connectivity index (χ0n) is 13.5. The molecule has 2 unspecified atom stereocenters. The van der Waals surface area contributed by atoms with Crippen LogP contribution in [0.2, 0.25) is 5.02 Å². The molecule has 4 rings (SSSR count). The van der Waals surface area contributed by atoms with Crippen LogP contribution < -0.4 is 0 Å². The van der Waals surface area contributed by atoms with Gasteiger partial charge in [0.1, 0.15) is 5.82 Å². The number of piperidine rings is 1. The number of aromatic nitrogens is 2. The van der Waals surface area contributed by atoms with Crippen molar-refractivity contribution in [1.29, 1.82) is 0 Å². The molecule has 2 fully saturated rings. The van der Waals surface area contributed by atoms with E-state index in [-0.39, 0.29) is 29.8 Å². The van der Waals surface area contributed by atoms with Gasteiger partial charge in [-0.15, -0.1) is 0 Å². The molecular formula is C18H19ClFN3O. The molecule has 2 aliphatic heterocycles. The summed E-state index contributed by atoms with van der Waals surface area (Å²) >= 11 is 5.97. The average molecular weight is 348 g/mol. The molecule has 1 aromatic carbocycles. The topological polar surface area (TPSA) is 38.1 Å². The predicted octanol–water partition coefficient (Wildman–Crippen LogP) is 3.99. The Morgan fingerprint density at radius 1 is 1.25 bits per heavy atom. The molecule has 2 saturated heterocycles. The molecule has 2 aromatic rings. The van der Waals surface area contributed by atoms with Gasteiger partial charge in [-0.3, -0.25) is 9.48 Å². The summed E-state index contributed by atoms with van der Waals surface area (Å²) in [5, 5.41) is 4.95. The Labute approximate surface area is 145 Å². The molecule has 3 heterocycles. The summed E-state index contributed by atoms with van der Waals surface area (Å²) in [7, 11) is 0. The summed E-state index contributed by atoms with van der Waals surface area (Å²) in [6, 6.07) is 5.40. The summed E-state index contributed by atoms with van der Waals surface area (Å²) in [5.41, 5.74) is 0.999. The van der Waals surface area contributed by atoms with Gasteiger partial charge >= 0.3 is 0 Å². The quantitative estimate of drug-likeness (QED) is 0.823. The van der Waals surface area contributed by atoms with Crippen LogP contribution >= 0.6 is 11.6 Å². The minimum absolute atomic E-state index is 0.0571. The molecule has 6 heteroatoms. The fourth-order valence-electron chi connectivity index (χ4n) is 4.09. The smallest absolute Gasteiger partial charge is 0.254 e. The zero-order chi connectivity index (χ0) is 16.8. The first kappa shape index (κ1) is 15.6. The molecule has 2 bridgehead atoms. The van der Waals surface area contributed by atoms with Gasteiger partial charge in [-0.05, 0) is 50.3 Å². The molecule has 0 saturated carbocycles. The van der Waals surface area contributed by atoms with E-state index in [1.54, 1.807) is 25.3 Å². The molecule has 0 spiro atoms. The lowest BCUT2D eigenvalue weighted by Crippen LogP contribution is -2.47. The van der Waals surface area contributed by atoms with Gasteiger partial charge in [0.15, 0.2) is 0 Å². The average Bonchev–Trinajstić information content (AvgIpc) is 3.10. The second-order valence-electron chi connectivity index (χ2n) is 6.83. The lowest BCUT2D eigenvalue weighted by atomic mass is 9.96. The van der Waals surface area contributed by atoms with Crippen LogP contribution in [0.4, 0.5) is 4.39 Å². The largest absolute Gasteiger partial charge is 0.333 e. The highest BCUT2D eigenvalue weighted by molar-refractivity contribution is 6.30. The molecular weight excluding hydrogens is 329 g/mol. The minimum Gasteiger partial charge on any atom is -0.333 e. The van der Waals surface area contributed by atoms with Crippen molar-refractivity contribution in [1.82, 2.24) is 14.7 Å². The lowest BCUT2D eigenvalue weighted by Gasteiger charge is -2.39. The molecule has 0 N–H and O–H groups in total. The summed E-state index contributed by atoms with van der Waals surface area (Å²) in [6.45, 7) is 1.70. The van der Waals surface area contributed by atoms with Crippen LogP contribution in [-0.4, -0.2) is 32.7 Å². The van der Waals surface area contributed by atoms with Gasteiger partial charge in [-0.2, -0.15) is 5.10 Å². The van der Waals surface area contributed by atoms with Crippen molar-refractivity contribution in [3.63, 3.8) is 0 Å². The Kier molecular flexibility index (Phi) is 3.83. The summed E-state index contributed by atoms with van der Waals surface area (Å²) in [5.74, 6) is -0.382. The number of aryl methyl sites for hydroxylation is 1. The van der Waals surface area contributed by atoms with Gasteiger partial charge in [-0.25, -0.2) is 4.39 Å². The van der Waals surface area contributed by atoms with Crippen molar-refractivity contribution in [2.24, 2.45) is 0 Å². The van der Waals surface area contributed by atoms with Crippen LogP contribution in [0.25, 0.3) is 0 Å². The van der Waals surface area contributed by atoms with Crippen molar-refractivity contribution in [3.05, 3.63) is 52.6 Å². The summed E-state index contributed by atoms with van der Waals surface area (Å²) in [6.07, 6.45) is 7.23. The molecule has 24 heavy (non-hydrogen) atoms. The Balaban J connectivity index is 1.55. The number of carbonyl (C=O) groups is 1. The number of nitrogens with zero attached hydrogens (tertiary/aromatic N) is 3. The van der Waals surface area contributed by atoms with Crippen LogP contribution in [0.1, 0.15) is 47.6 Å². The number of carbonyl (C=O) groups excluding carboxylic acids is 1. The van der Waals surface area contributed by atoms with Crippen molar-refractivity contribution in [3.8, 4) is 0 Å². The second kappa shape index (κ2) is 5.88. The Morgan fingerprint density at radius 2 is 1.96 bits per heavy atom. The van der Waals surface area contributed by atoms with Crippen LogP contribution in [0.15, 0.2) is 30.6 Å². The second-order valence-corrected chi connectivity index (χ2v) is 7.26. The third kappa shape index (κ3) is 2.61. The van der Waals surface area contributed by atoms with Crippen LogP contribution in [0.3, 0.4) is 0 Å². The highest BCUT2D eigenvalue weighted by Gasteiger charge is 2.44. The zero-order valence-corrected chi connectivity index (χ0v) is 14.2. The molecule has 126 valence electrons. The van der Waals surface area contributed by atoms with Gasteiger partial charge in [0.05, 0.1) is 17.3 Å². The summed E-state index contributed by atoms with van der Waals surface area (Å²) in [4.78, 5) is 14.9. The molecule has 2 aliphatic rings. The maximum Gasteiger partial charge on any atom is 0.254 e. The number of halogens is 2.